The number of carbonyl (C=O) groups is 3. The lowest BCUT2D eigenvalue weighted by Crippen LogP contribution is -2.23. The Labute approximate surface area is 56.6 Å². The van der Waals surface area contributed by atoms with E-state index in [1.807, 2.05) is 6.79 Å². The molecule has 10 heavy (non-hydrogen) atoms. The average molecular weight is 144 g/mol. The molecule has 0 atom stereocenters. The first-order valence-corrected chi connectivity index (χ1v) is 2.02. The quantitative estimate of drug-likeness (QED) is 0.381. The van der Waals surface area contributed by atoms with E-state index < -0.39 is 11.9 Å². The van der Waals surface area contributed by atoms with Crippen molar-refractivity contribution < 1.29 is 24.6 Å². The molecule has 0 saturated carbocycles. The summed E-state index contributed by atoms with van der Waals surface area (Å²) >= 11 is 0. The van der Waals surface area contributed by atoms with Crippen LogP contribution in [0.5, 0.6) is 0 Å². The predicted octanol–water partition coefficient (Wildman–Crippen LogP) is -3.14. The Balaban J connectivity index is 0. The van der Waals surface area contributed by atoms with E-state index in [2.05, 4.69) is 0 Å². The molecule has 0 aliphatic rings. The van der Waals surface area contributed by atoms with Gasteiger partial charge in [0, 0.05) is 0 Å². The summed E-state index contributed by atoms with van der Waals surface area (Å²) in [7, 11) is 0. The van der Waals surface area contributed by atoms with Crippen LogP contribution in [0.2, 0.25) is 0 Å². The van der Waals surface area contributed by atoms with E-state index in [4.69, 9.17) is 4.79 Å². The van der Waals surface area contributed by atoms with Crippen molar-refractivity contribution in [3.63, 3.8) is 0 Å². The van der Waals surface area contributed by atoms with Gasteiger partial charge in [-0.1, -0.05) is 0 Å². The molecule has 0 aromatic carbocycles. The van der Waals surface area contributed by atoms with Crippen LogP contribution < -0.4 is 10.2 Å². The number of aliphatic carboxylic acids is 2. The van der Waals surface area contributed by atoms with Gasteiger partial charge in [0.1, 0.15) is 6.79 Å². The third-order valence-corrected chi connectivity index (χ3v) is 0.355. The van der Waals surface area contributed by atoms with Gasteiger partial charge in [-0.25, -0.2) is 0 Å². The molecule has 0 saturated heterocycles. The van der Waals surface area contributed by atoms with Crippen LogP contribution in [-0.4, -0.2) is 18.7 Å². The van der Waals surface area contributed by atoms with Gasteiger partial charge >= 0.3 is 0 Å². The van der Waals surface area contributed by atoms with E-state index >= 15 is 0 Å². The highest BCUT2D eigenvalue weighted by Gasteiger charge is 1.70. The number of carboxylic acid groups (broad SMARTS) is 2. The first-order valence-electron chi connectivity index (χ1n) is 2.02. The van der Waals surface area contributed by atoms with Crippen molar-refractivity contribution in [3.05, 3.63) is 12.2 Å². The Kier molecular flexibility index (Phi) is 8.22. The smallest absolute Gasteiger partial charge is 0.106 e. The standard InChI is InChI=1S/C4H4O4.CH2O/c5-3(6)1-2-4(7)8;1-2/h1-2H,(H,5,6)(H,7,8);1H2/p-2/b2-1+;. The lowest BCUT2D eigenvalue weighted by molar-refractivity contribution is -0.301. The average Bonchev–Trinajstić information content (AvgIpc) is 1.89. The zero-order valence-electron chi connectivity index (χ0n) is 4.90. The van der Waals surface area contributed by atoms with Gasteiger partial charge < -0.3 is 24.6 Å². The first kappa shape index (κ1) is 11.2. The van der Waals surface area contributed by atoms with Crippen molar-refractivity contribution in [1.29, 1.82) is 0 Å². The van der Waals surface area contributed by atoms with E-state index in [1.54, 1.807) is 0 Å². The Hall–Kier alpha value is -1.65. The second-order valence-corrected chi connectivity index (χ2v) is 0.971. The molecule has 0 unspecified atom stereocenters. The summed E-state index contributed by atoms with van der Waals surface area (Å²) in [5.74, 6) is -3.09. The van der Waals surface area contributed by atoms with Gasteiger partial charge in [-0.2, -0.15) is 0 Å². The molecule has 0 radical (unpaired) electrons. The summed E-state index contributed by atoms with van der Waals surface area (Å²) in [6, 6.07) is 0. The molecule has 5 heteroatoms. The van der Waals surface area contributed by atoms with Crippen LogP contribution in [0.15, 0.2) is 12.2 Å². The highest BCUT2D eigenvalue weighted by Crippen LogP contribution is 1.64. The largest absolute Gasteiger partial charge is 0.545 e. The number of carboxylic acids is 2. The fourth-order valence-electron chi connectivity index (χ4n) is 0.136. The normalized spacial score (nSPS) is 8.00. The maximum Gasteiger partial charge on any atom is 0.106 e. The fourth-order valence-corrected chi connectivity index (χ4v) is 0.136. The lowest BCUT2D eigenvalue weighted by Gasteiger charge is -1.90. The number of hydrogen-bond acceptors (Lipinski definition) is 5. The molecular formula is C5H4O5-2. The van der Waals surface area contributed by atoms with Crippen molar-refractivity contribution in [3.8, 4) is 0 Å². The minimum atomic E-state index is -1.55. The summed E-state index contributed by atoms with van der Waals surface area (Å²) in [4.78, 5) is 26.8. The molecule has 0 N–H and O–H groups in total. The fraction of sp³-hybridized carbons (Fsp3) is 0. The van der Waals surface area contributed by atoms with Crippen LogP contribution in [0, 0.1) is 0 Å². The minimum absolute atomic E-state index is 0.384. The van der Waals surface area contributed by atoms with Gasteiger partial charge in [0.05, 0.1) is 11.9 Å². The maximum atomic E-state index is 9.41. The maximum absolute atomic E-state index is 9.41. The van der Waals surface area contributed by atoms with Gasteiger partial charge in [0.15, 0.2) is 0 Å². The van der Waals surface area contributed by atoms with E-state index in [1.165, 1.54) is 0 Å². The van der Waals surface area contributed by atoms with Crippen LogP contribution in [0.3, 0.4) is 0 Å². The minimum Gasteiger partial charge on any atom is -0.545 e. The molecule has 56 valence electrons. The molecule has 0 fully saturated rings. The Morgan fingerprint density at radius 1 is 1.00 bits per heavy atom. The second kappa shape index (κ2) is 7.35. The van der Waals surface area contributed by atoms with E-state index in [0.717, 1.165) is 0 Å². The van der Waals surface area contributed by atoms with Crippen molar-refractivity contribution in [1.82, 2.24) is 0 Å². The SMILES string of the molecule is C=O.O=C([O-])/C=C/C(=O)[O-]. The van der Waals surface area contributed by atoms with Crippen LogP contribution in [-0.2, 0) is 14.4 Å². The number of rotatable bonds is 2. The topological polar surface area (TPSA) is 97.3 Å². The second-order valence-electron chi connectivity index (χ2n) is 0.971. The lowest BCUT2D eigenvalue weighted by atomic mass is 10.5. The highest BCUT2D eigenvalue weighted by atomic mass is 16.4. The van der Waals surface area contributed by atoms with Crippen LogP contribution in [0.4, 0.5) is 0 Å². The molecule has 0 rings (SSSR count). The zero-order valence-corrected chi connectivity index (χ0v) is 4.90. The van der Waals surface area contributed by atoms with Gasteiger partial charge in [0.25, 0.3) is 0 Å². The van der Waals surface area contributed by atoms with E-state index in [-0.39, 0.29) is 0 Å². The first-order chi connectivity index (χ1) is 4.63. The van der Waals surface area contributed by atoms with Gasteiger partial charge in [-0.3, -0.25) is 0 Å². The molecule has 5 nitrogen and oxygen atoms in total. The number of hydrogen-bond donors (Lipinski definition) is 0. The van der Waals surface area contributed by atoms with Crippen molar-refractivity contribution in [2.75, 3.05) is 0 Å². The summed E-state index contributed by atoms with van der Waals surface area (Å²) in [5, 5.41) is 18.8. The van der Waals surface area contributed by atoms with Crippen LogP contribution in [0.1, 0.15) is 0 Å². The molecule has 0 heterocycles. The van der Waals surface area contributed by atoms with Gasteiger partial charge in [0.2, 0.25) is 0 Å². The predicted molar refractivity (Wildman–Crippen MR) is 26.3 cm³/mol. The molecule has 0 aromatic heterocycles. The number of carbonyl (C=O) groups excluding carboxylic acids is 3. The summed E-state index contributed by atoms with van der Waals surface area (Å²) in [6.45, 7) is 2.00. The van der Waals surface area contributed by atoms with Crippen molar-refractivity contribution in [2.45, 2.75) is 0 Å². The Morgan fingerprint density at radius 3 is 1.30 bits per heavy atom. The molecule has 0 amide bonds. The Morgan fingerprint density at radius 2 is 1.20 bits per heavy atom. The van der Waals surface area contributed by atoms with Gasteiger partial charge in [-0.05, 0) is 12.2 Å². The summed E-state index contributed by atoms with van der Waals surface area (Å²) in [5.41, 5.74) is 0. The molecule has 0 spiro atoms. The van der Waals surface area contributed by atoms with Crippen molar-refractivity contribution in [2.24, 2.45) is 0 Å². The van der Waals surface area contributed by atoms with Gasteiger partial charge in [-0.15, -0.1) is 0 Å². The molecule has 0 aliphatic heterocycles. The Bertz CT molecular complexity index is 132. The van der Waals surface area contributed by atoms with Crippen LogP contribution in [0.25, 0.3) is 0 Å². The highest BCUT2D eigenvalue weighted by molar-refractivity contribution is 5.87. The molecule has 0 aliphatic carbocycles. The molecular weight excluding hydrogens is 140 g/mol. The third kappa shape index (κ3) is 16.2. The van der Waals surface area contributed by atoms with Crippen LogP contribution >= 0.6 is 0 Å². The molecule has 0 aromatic rings. The van der Waals surface area contributed by atoms with Crippen molar-refractivity contribution >= 4 is 18.7 Å². The third-order valence-electron chi connectivity index (χ3n) is 0.355. The zero-order chi connectivity index (χ0) is 8.57. The van der Waals surface area contributed by atoms with E-state index in [0.29, 0.717) is 12.2 Å². The van der Waals surface area contributed by atoms with E-state index in [9.17, 15) is 19.8 Å². The summed E-state index contributed by atoms with van der Waals surface area (Å²) in [6.07, 6.45) is 0.769. The monoisotopic (exact) mass is 144 g/mol. The summed E-state index contributed by atoms with van der Waals surface area (Å²) < 4.78 is 0. The molecule has 0 bridgehead atoms.